The molecule has 0 spiro atoms. The van der Waals surface area contributed by atoms with E-state index in [1.54, 1.807) is 32.7 Å². The highest BCUT2D eigenvalue weighted by Gasteiger charge is 2.35. The van der Waals surface area contributed by atoms with Crippen LogP contribution in [-0.2, 0) is 25.5 Å². The van der Waals surface area contributed by atoms with Gasteiger partial charge in [-0.25, -0.2) is 4.79 Å². The van der Waals surface area contributed by atoms with E-state index in [-0.39, 0.29) is 24.3 Å². The average molecular weight is 589 g/mol. The Bertz CT molecular complexity index is 791. The van der Waals surface area contributed by atoms with Gasteiger partial charge in [-0.2, -0.15) is 0 Å². The minimum atomic E-state index is -0.763. The van der Waals surface area contributed by atoms with E-state index in [1.165, 1.54) is 12.0 Å². The Morgan fingerprint density at radius 3 is 2.21 bits per heavy atom. The maximum atomic E-state index is 13.9. The molecule has 0 aromatic heterocycles. The molecule has 2 unspecified atom stereocenters. The third kappa shape index (κ3) is 10.6. The number of esters is 1. The number of amides is 2. The fourth-order valence-electron chi connectivity index (χ4n) is 3.58. The number of benzene rings is 1. The lowest BCUT2D eigenvalue weighted by atomic mass is 10.0. The smallest absolute Gasteiger partial charge is 0.410 e. The molecular weight excluding hydrogens is 547 g/mol. The van der Waals surface area contributed by atoms with Gasteiger partial charge >= 0.3 is 12.1 Å². The maximum Gasteiger partial charge on any atom is 0.410 e. The Kier molecular flexibility index (Phi) is 12.9. The molecule has 7 nitrogen and oxygen atoms in total. The Hall–Kier alpha value is -1.84. The maximum absolute atomic E-state index is 13.9. The number of likely N-dealkylation sites (N-methyl/N-ethyl adjacent to an activating group) is 1. The normalized spacial score (nSPS) is 13.1. The molecule has 2 amide bonds. The molecule has 34 heavy (non-hydrogen) atoms. The number of nitrogens with zero attached hydrogens (tertiary/aromatic N) is 2. The van der Waals surface area contributed by atoms with Crippen LogP contribution in [0.5, 0.6) is 0 Å². The molecule has 0 bridgehead atoms. The van der Waals surface area contributed by atoms with Crippen LogP contribution in [0.4, 0.5) is 4.79 Å². The first-order valence-electron chi connectivity index (χ1n) is 12.0. The highest BCUT2D eigenvalue weighted by molar-refractivity contribution is 14.1. The number of unbranched alkanes of at least 4 members (excludes halogenated alkanes) is 3. The predicted molar refractivity (Wildman–Crippen MR) is 143 cm³/mol. The van der Waals surface area contributed by atoms with Crippen molar-refractivity contribution in [3.05, 3.63) is 33.4 Å². The second kappa shape index (κ2) is 14.5. The molecule has 0 aliphatic carbocycles. The van der Waals surface area contributed by atoms with E-state index in [0.29, 0.717) is 13.0 Å². The van der Waals surface area contributed by atoms with Crippen molar-refractivity contribution in [3.63, 3.8) is 0 Å². The number of hydrogen-bond donors (Lipinski definition) is 0. The summed E-state index contributed by atoms with van der Waals surface area (Å²) < 4.78 is 11.5. The molecule has 1 aromatic rings. The molecule has 0 N–H and O–H groups in total. The van der Waals surface area contributed by atoms with Crippen molar-refractivity contribution in [1.29, 1.82) is 0 Å². The first kappa shape index (κ1) is 30.2. The van der Waals surface area contributed by atoms with Crippen LogP contribution in [0, 0.1) is 3.57 Å². The predicted octanol–water partition coefficient (Wildman–Crippen LogP) is 5.43. The molecule has 8 heteroatoms. The molecule has 2 atom stereocenters. The van der Waals surface area contributed by atoms with Gasteiger partial charge in [0.15, 0.2) is 0 Å². The van der Waals surface area contributed by atoms with Gasteiger partial charge < -0.3 is 14.4 Å². The summed E-state index contributed by atoms with van der Waals surface area (Å²) in [6.07, 6.45) is 3.89. The molecular formula is C26H41IN2O5. The summed E-state index contributed by atoms with van der Waals surface area (Å²) >= 11 is 2.23. The van der Waals surface area contributed by atoms with Crippen molar-refractivity contribution in [2.24, 2.45) is 0 Å². The molecule has 0 fully saturated rings. The summed E-state index contributed by atoms with van der Waals surface area (Å²) in [5.41, 5.74) is 0.264. The highest BCUT2D eigenvalue weighted by Crippen LogP contribution is 2.19. The third-order valence-corrected chi connectivity index (χ3v) is 6.25. The van der Waals surface area contributed by atoms with Crippen LogP contribution < -0.4 is 0 Å². The number of carbonyl (C=O) groups excluding carboxylic acids is 3. The SMILES string of the molecule is CCCCCCN(C(=O)C(Cc1ccc(I)cc1)N(C)C(=O)OC(C)(C)C)C(C)CC(=O)OC. The average Bonchev–Trinajstić information content (AvgIpc) is 2.76. The number of carbonyl (C=O) groups is 3. The van der Waals surface area contributed by atoms with Crippen LogP contribution in [0.3, 0.4) is 0 Å². The zero-order chi connectivity index (χ0) is 25.9. The van der Waals surface area contributed by atoms with E-state index in [2.05, 4.69) is 29.5 Å². The van der Waals surface area contributed by atoms with Gasteiger partial charge in [-0.15, -0.1) is 0 Å². The molecule has 0 heterocycles. The second-order valence-corrected chi connectivity index (χ2v) is 10.9. The molecule has 0 saturated heterocycles. The van der Waals surface area contributed by atoms with Gasteiger partial charge in [-0.3, -0.25) is 14.5 Å². The van der Waals surface area contributed by atoms with Gasteiger partial charge in [0, 0.05) is 29.6 Å². The van der Waals surface area contributed by atoms with Crippen molar-refractivity contribution in [2.75, 3.05) is 20.7 Å². The number of methoxy groups -OCH3 is 1. The van der Waals surface area contributed by atoms with Crippen LogP contribution >= 0.6 is 22.6 Å². The standard InChI is InChI=1S/C26H41IN2O5/c1-8-9-10-11-16-29(19(2)17-23(30)33-7)24(31)22(18-20-12-14-21(27)15-13-20)28(6)25(32)34-26(3,4)5/h12-15,19,22H,8-11,16-18H2,1-7H3. The quantitative estimate of drug-likeness (QED) is 0.185. The van der Waals surface area contributed by atoms with Gasteiger partial charge in [-0.05, 0) is 74.4 Å². The Balaban J connectivity index is 3.26. The molecule has 0 aliphatic heterocycles. The molecule has 0 aliphatic rings. The molecule has 192 valence electrons. The van der Waals surface area contributed by atoms with E-state index in [0.717, 1.165) is 34.8 Å². The molecule has 1 rings (SSSR count). The van der Waals surface area contributed by atoms with Crippen molar-refractivity contribution in [3.8, 4) is 0 Å². The van der Waals surface area contributed by atoms with Gasteiger partial charge in [0.1, 0.15) is 11.6 Å². The van der Waals surface area contributed by atoms with Crippen LogP contribution in [0.2, 0.25) is 0 Å². The first-order valence-corrected chi connectivity index (χ1v) is 13.0. The number of hydrogen-bond acceptors (Lipinski definition) is 5. The first-order chi connectivity index (χ1) is 15.9. The molecule has 0 saturated carbocycles. The van der Waals surface area contributed by atoms with Crippen LogP contribution in [0.1, 0.15) is 72.3 Å². The van der Waals surface area contributed by atoms with E-state index >= 15 is 0 Å². The minimum absolute atomic E-state index is 0.0996. The van der Waals surface area contributed by atoms with Crippen molar-refractivity contribution >= 4 is 40.6 Å². The highest BCUT2D eigenvalue weighted by atomic mass is 127. The summed E-state index contributed by atoms with van der Waals surface area (Å²) in [5.74, 6) is -0.562. The van der Waals surface area contributed by atoms with Gasteiger partial charge in [0.2, 0.25) is 5.91 Å². The number of rotatable bonds is 12. The molecule has 1 aromatic carbocycles. The fraction of sp³-hybridized carbons (Fsp3) is 0.654. The number of ether oxygens (including phenoxy) is 2. The number of halogens is 1. The Morgan fingerprint density at radius 2 is 1.68 bits per heavy atom. The van der Waals surface area contributed by atoms with Gasteiger partial charge in [0.25, 0.3) is 0 Å². The summed E-state index contributed by atoms with van der Waals surface area (Å²) in [4.78, 5) is 41.9. The summed E-state index contributed by atoms with van der Waals surface area (Å²) in [6.45, 7) is 9.90. The fourth-order valence-corrected chi connectivity index (χ4v) is 3.94. The Morgan fingerprint density at radius 1 is 1.06 bits per heavy atom. The zero-order valence-corrected chi connectivity index (χ0v) is 23.9. The summed E-state index contributed by atoms with van der Waals surface area (Å²) in [6, 6.07) is 6.78. The van der Waals surface area contributed by atoms with Crippen molar-refractivity contribution in [2.45, 2.75) is 90.8 Å². The van der Waals surface area contributed by atoms with E-state index < -0.39 is 17.7 Å². The van der Waals surface area contributed by atoms with E-state index in [4.69, 9.17) is 9.47 Å². The molecule has 0 radical (unpaired) electrons. The van der Waals surface area contributed by atoms with E-state index in [9.17, 15) is 14.4 Å². The lowest BCUT2D eigenvalue weighted by Gasteiger charge is -2.36. The lowest BCUT2D eigenvalue weighted by Crippen LogP contribution is -2.54. The zero-order valence-electron chi connectivity index (χ0n) is 21.7. The minimum Gasteiger partial charge on any atom is -0.469 e. The van der Waals surface area contributed by atoms with Crippen molar-refractivity contribution < 1.29 is 23.9 Å². The monoisotopic (exact) mass is 588 g/mol. The van der Waals surface area contributed by atoms with Gasteiger partial charge in [-0.1, -0.05) is 38.3 Å². The lowest BCUT2D eigenvalue weighted by molar-refractivity contribution is -0.145. The van der Waals surface area contributed by atoms with Crippen LogP contribution in [-0.4, -0.2) is 66.2 Å². The largest absolute Gasteiger partial charge is 0.469 e. The summed E-state index contributed by atoms with van der Waals surface area (Å²) in [7, 11) is 2.95. The van der Waals surface area contributed by atoms with Crippen molar-refractivity contribution in [1.82, 2.24) is 9.80 Å². The topological polar surface area (TPSA) is 76.2 Å². The van der Waals surface area contributed by atoms with Crippen LogP contribution in [0.25, 0.3) is 0 Å². The second-order valence-electron chi connectivity index (χ2n) is 9.66. The van der Waals surface area contributed by atoms with Crippen LogP contribution in [0.15, 0.2) is 24.3 Å². The van der Waals surface area contributed by atoms with E-state index in [1.807, 2.05) is 31.2 Å². The third-order valence-electron chi connectivity index (χ3n) is 5.53. The Labute approximate surface area is 218 Å². The summed E-state index contributed by atoms with van der Waals surface area (Å²) in [5, 5.41) is 0. The van der Waals surface area contributed by atoms with Gasteiger partial charge in [0.05, 0.1) is 13.5 Å².